The van der Waals surface area contributed by atoms with Crippen LogP contribution in [0.25, 0.3) is 5.65 Å². The van der Waals surface area contributed by atoms with E-state index >= 15 is 0 Å². The average Bonchev–Trinajstić information content (AvgIpc) is 3.00. The number of pyridine rings is 1. The predicted octanol–water partition coefficient (Wildman–Crippen LogP) is 1.59. The van der Waals surface area contributed by atoms with E-state index in [0.29, 0.717) is 5.65 Å². The minimum atomic E-state index is -1.04. The van der Waals surface area contributed by atoms with Crippen molar-refractivity contribution in [1.82, 2.24) is 9.38 Å². The molecule has 0 unspecified atom stereocenters. The van der Waals surface area contributed by atoms with Crippen molar-refractivity contribution in [1.29, 1.82) is 5.26 Å². The number of carbonyl (C=O) groups is 1. The van der Waals surface area contributed by atoms with Crippen LogP contribution in [-0.4, -0.2) is 20.5 Å². The molecule has 1 fully saturated rings. The summed E-state index contributed by atoms with van der Waals surface area (Å²) in [6, 6.07) is 5.91. The largest absolute Gasteiger partial charge is 0.476 e. The van der Waals surface area contributed by atoms with Crippen LogP contribution in [0, 0.1) is 11.3 Å². The van der Waals surface area contributed by atoms with Crippen LogP contribution in [0.5, 0.6) is 0 Å². The molecule has 5 heteroatoms. The van der Waals surface area contributed by atoms with E-state index in [1.807, 2.05) is 6.07 Å². The molecule has 1 saturated carbocycles. The molecule has 1 aliphatic carbocycles. The van der Waals surface area contributed by atoms with E-state index in [1.54, 1.807) is 16.7 Å². The highest BCUT2D eigenvalue weighted by atomic mass is 16.4. The molecule has 3 rings (SSSR count). The third kappa shape index (κ3) is 1.38. The van der Waals surface area contributed by atoms with Gasteiger partial charge in [-0.25, -0.2) is 9.78 Å². The van der Waals surface area contributed by atoms with Crippen molar-refractivity contribution in [3.63, 3.8) is 0 Å². The van der Waals surface area contributed by atoms with Gasteiger partial charge < -0.3 is 9.51 Å². The number of nitriles is 1. The molecule has 1 aliphatic rings. The van der Waals surface area contributed by atoms with Gasteiger partial charge in [0.25, 0.3) is 0 Å². The molecule has 17 heavy (non-hydrogen) atoms. The van der Waals surface area contributed by atoms with Gasteiger partial charge >= 0.3 is 5.97 Å². The third-order valence-corrected chi connectivity index (χ3v) is 3.19. The Kier molecular flexibility index (Phi) is 1.78. The van der Waals surface area contributed by atoms with Crippen LogP contribution >= 0.6 is 0 Å². The highest BCUT2D eigenvalue weighted by Crippen LogP contribution is 2.47. The number of aromatic nitrogens is 2. The van der Waals surface area contributed by atoms with Crippen molar-refractivity contribution in [2.45, 2.75) is 18.3 Å². The summed E-state index contributed by atoms with van der Waals surface area (Å²) in [6.45, 7) is 0. The van der Waals surface area contributed by atoms with Crippen LogP contribution in [0.2, 0.25) is 0 Å². The SMILES string of the molecule is N#CC1(c2ccc3nc(C(=O)O)cn3c2)CC1. The topological polar surface area (TPSA) is 78.4 Å². The lowest BCUT2D eigenvalue weighted by Crippen LogP contribution is -2.03. The van der Waals surface area contributed by atoms with Gasteiger partial charge in [-0.2, -0.15) is 5.26 Å². The van der Waals surface area contributed by atoms with Crippen molar-refractivity contribution in [3.8, 4) is 6.07 Å². The van der Waals surface area contributed by atoms with Crippen LogP contribution in [0.3, 0.4) is 0 Å². The van der Waals surface area contributed by atoms with Crippen LogP contribution in [0.4, 0.5) is 0 Å². The van der Waals surface area contributed by atoms with Crippen molar-refractivity contribution in [3.05, 3.63) is 35.8 Å². The number of aromatic carboxylic acids is 1. The third-order valence-electron chi connectivity index (χ3n) is 3.19. The highest BCUT2D eigenvalue weighted by molar-refractivity contribution is 5.86. The van der Waals surface area contributed by atoms with E-state index in [9.17, 15) is 4.79 Å². The van der Waals surface area contributed by atoms with Gasteiger partial charge in [0.05, 0.1) is 11.5 Å². The van der Waals surface area contributed by atoms with Crippen molar-refractivity contribution < 1.29 is 9.90 Å². The fourth-order valence-electron chi connectivity index (χ4n) is 1.97. The van der Waals surface area contributed by atoms with Gasteiger partial charge in [0, 0.05) is 12.4 Å². The lowest BCUT2D eigenvalue weighted by atomic mass is 10.00. The van der Waals surface area contributed by atoms with E-state index < -0.39 is 5.97 Å². The molecule has 0 radical (unpaired) electrons. The fourth-order valence-corrected chi connectivity index (χ4v) is 1.97. The number of imidazole rings is 1. The van der Waals surface area contributed by atoms with Gasteiger partial charge in [-0.1, -0.05) is 6.07 Å². The molecule has 2 aromatic rings. The summed E-state index contributed by atoms with van der Waals surface area (Å²) in [5, 5.41) is 18.0. The lowest BCUT2D eigenvalue weighted by Gasteiger charge is -2.05. The minimum absolute atomic E-state index is 0.0176. The molecule has 2 heterocycles. The molecular weight excluding hydrogens is 218 g/mol. The Labute approximate surface area is 96.9 Å². The molecule has 2 aromatic heterocycles. The van der Waals surface area contributed by atoms with Gasteiger partial charge in [-0.3, -0.25) is 0 Å². The predicted molar refractivity (Wildman–Crippen MR) is 58.7 cm³/mol. The lowest BCUT2D eigenvalue weighted by molar-refractivity contribution is 0.0691. The Morgan fingerprint density at radius 3 is 2.82 bits per heavy atom. The minimum Gasteiger partial charge on any atom is -0.476 e. The zero-order valence-electron chi connectivity index (χ0n) is 8.92. The smallest absolute Gasteiger partial charge is 0.356 e. The Balaban J connectivity index is 2.14. The molecule has 0 aromatic carbocycles. The van der Waals surface area contributed by atoms with Crippen LogP contribution < -0.4 is 0 Å². The van der Waals surface area contributed by atoms with E-state index in [2.05, 4.69) is 11.1 Å². The Hall–Kier alpha value is -2.35. The number of fused-ring (bicyclic) bond motifs is 1. The van der Waals surface area contributed by atoms with E-state index in [-0.39, 0.29) is 11.1 Å². The summed E-state index contributed by atoms with van der Waals surface area (Å²) >= 11 is 0. The number of hydrogen-bond acceptors (Lipinski definition) is 3. The second kappa shape index (κ2) is 3.08. The first-order valence-corrected chi connectivity index (χ1v) is 5.28. The molecule has 0 saturated heterocycles. The Morgan fingerprint density at radius 2 is 2.24 bits per heavy atom. The summed E-state index contributed by atoms with van der Waals surface area (Å²) in [5.74, 6) is -1.04. The van der Waals surface area contributed by atoms with Crippen molar-refractivity contribution in [2.24, 2.45) is 0 Å². The molecular formula is C12H9N3O2. The standard InChI is InChI=1S/C12H9N3O2/c13-7-12(3-4-12)8-1-2-10-14-9(11(16)17)6-15(10)5-8/h1-2,5-6H,3-4H2,(H,16,17). The number of rotatable bonds is 2. The van der Waals surface area contributed by atoms with Gasteiger partial charge in [0.15, 0.2) is 5.69 Å². The highest BCUT2D eigenvalue weighted by Gasteiger charge is 2.45. The maximum absolute atomic E-state index is 10.8. The first-order valence-electron chi connectivity index (χ1n) is 5.28. The maximum atomic E-state index is 10.8. The van der Waals surface area contributed by atoms with Crippen molar-refractivity contribution in [2.75, 3.05) is 0 Å². The van der Waals surface area contributed by atoms with E-state index in [1.165, 1.54) is 6.20 Å². The van der Waals surface area contributed by atoms with Gasteiger partial charge in [0.2, 0.25) is 0 Å². The molecule has 0 atom stereocenters. The first-order chi connectivity index (χ1) is 8.14. The summed E-state index contributed by atoms with van der Waals surface area (Å²) in [4.78, 5) is 14.8. The maximum Gasteiger partial charge on any atom is 0.356 e. The second-order valence-electron chi connectivity index (χ2n) is 4.31. The normalized spacial score (nSPS) is 16.6. The van der Waals surface area contributed by atoms with Gasteiger partial charge in [-0.15, -0.1) is 0 Å². The molecule has 0 amide bonds. The van der Waals surface area contributed by atoms with Crippen LogP contribution in [0.1, 0.15) is 28.9 Å². The molecule has 0 spiro atoms. The zero-order chi connectivity index (χ0) is 12.0. The van der Waals surface area contributed by atoms with Gasteiger partial charge in [-0.05, 0) is 24.5 Å². The molecule has 84 valence electrons. The fraction of sp³-hybridized carbons (Fsp3) is 0.250. The molecule has 0 aliphatic heterocycles. The Bertz CT molecular complexity index is 662. The molecule has 1 N–H and O–H groups in total. The first kappa shape index (κ1) is 9.85. The van der Waals surface area contributed by atoms with Crippen molar-refractivity contribution >= 4 is 11.6 Å². The summed E-state index contributed by atoms with van der Waals surface area (Å²) in [7, 11) is 0. The monoisotopic (exact) mass is 227 g/mol. The average molecular weight is 227 g/mol. The van der Waals surface area contributed by atoms with Crippen LogP contribution in [0.15, 0.2) is 24.5 Å². The second-order valence-corrected chi connectivity index (χ2v) is 4.31. The number of carboxylic acid groups (broad SMARTS) is 1. The van der Waals surface area contributed by atoms with Gasteiger partial charge in [0.1, 0.15) is 5.65 Å². The quantitative estimate of drug-likeness (QED) is 0.844. The number of nitrogens with zero attached hydrogens (tertiary/aromatic N) is 3. The zero-order valence-corrected chi connectivity index (χ0v) is 8.92. The number of carboxylic acids is 1. The summed E-state index contributed by atoms with van der Waals surface area (Å²) < 4.78 is 1.66. The van der Waals surface area contributed by atoms with Crippen LogP contribution in [-0.2, 0) is 5.41 Å². The molecule has 0 bridgehead atoms. The Morgan fingerprint density at radius 1 is 1.47 bits per heavy atom. The van der Waals surface area contributed by atoms with E-state index in [0.717, 1.165) is 18.4 Å². The van der Waals surface area contributed by atoms with E-state index in [4.69, 9.17) is 10.4 Å². The number of hydrogen-bond donors (Lipinski definition) is 1. The molecule has 5 nitrogen and oxygen atoms in total. The summed E-state index contributed by atoms with van der Waals surface area (Å²) in [6.07, 6.45) is 5.00. The summed E-state index contributed by atoms with van der Waals surface area (Å²) in [5.41, 5.74) is 1.17.